The third kappa shape index (κ3) is 1.42. The highest BCUT2D eigenvalue weighted by molar-refractivity contribution is 5.24. The summed E-state index contributed by atoms with van der Waals surface area (Å²) >= 11 is 0. The van der Waals surface area contributed by atoms with E-state index in [-0.39, 0.29) is 6.17 Å². The Kier molecular flexibility index (Phi) is 2.28. The van der Waals surface area contributed by atoms with Gasteiger partial charge in [0.1, 0.15) is 0 Å². The first-order valence-corrected chi connectivity index (χ1v) is 4.62. The van der Waals surface area contributed by atoms with Gasteiger partial charge in [0.25, 0.3) is 0 Å². The molecular weight excluding hydrogens is 180 g/mol. The van der Waals surface area contributed by atoms with Crippen molar-refractivity contribution in [3.05, 3.63) is 35.9 Å². The smallest absolute Gasteiger partial charge is 0.183 e. The first-order valence-electron chi connectivity index (χ1n) is 4.62. The summed E-state index contributed by atoms with van der Waals surface area (Å²) in [5.74, 6) is 0. The zero-order chi connectivity index (χ0) is 10.2. The van der Waals surface area contributed by atoms with E-state index in [9.17, 15) is 10.2 Å². The molecule has 0 saturated carbocycles. The van der Waals surface area contributed by atoms with Crippen LogP contribution in [0.3, 0.4) is 0 Å². The molecule has 1 aromatic rings. The van der Waals surface area contributed by atoms with Crippen LogP contribution >= 0.6 is 0 Å². The van der Waals surface area contributed by atoms with Gasteiger partial charge in [-0.2, -0.15) is 0 Å². The van der Waals surface area contributed by atoms with Gasteiger partial charge in [-0.05, 0) is 6.92 Å². The Hall–Kier alpha value is -0.940. The van der Waals surface area contributed by atoms with Crippen molar-refractivity contribution < 1.29 is 10.2 Å². The molecule has 4 heteroatoms. The van der Waals surface area contributed by atoms with E-state index in [1.54, 1.807) is 12.1 Å². The van der Waals surface area contributed by atoms with Crippen LogP contribution in [0, 0.1) is 0 Å². The first kappa shape index (κ1) is 9.61. The normalized spacial score (nSPS) is 37.4. The molecule has 1 saturated heterocycles. The van der Waals surface area contributed by atoms with E-state index >= 15 is 0 Å². The minimum absolute atomic E-state index is 0.116. The molecule has 0 aromatic heterocycles. The highest BCUT2D eigenvalue weighted by atomic mass is 16.4. The third-order valence-corrected chi connectivity index (χ3v) is 2.45. The monoisotopic (exact) mass is 194 g/mol. The highest BCUT2D eigenvalue weighted by Gasteiger charge is 2.44. The van der Waals surface area contributed by atoms with Crippen LogP contribution in [-0.2, 0) is 5.72 Å². The number of nitrogens with one attached hydrogen (secondary N) is 2. The summed E-state index contributed by atoms with van der Waals surface area (Å²) in [5, 5.41) is 25.5. The lowest BCUT2D eigenvalue weighted by atomic mass is 10.0. The van der Waals surface area contributed by atoms with Crippen molar-refractivity contribution in [2.24, 2.45) is 0 Å². The second-order valence-corrected chi connectivity index (χ2v) is 3.57. The highest BCUT2D eigenvalue weighted by Crippen LogP contribution is 2.25. The summed E-state index contributed by atoms with van der Waals surface area (Å²) in [4.78, 5) is 0. The van der Waals surface area contributed by atoms with Gasteiger partial charge in [0.05, 0.1) is 6.17 Å². The molecule has 3 unspecified atom stereocenters. The molecule has 0 bridgehead atoms. The lowest BCUT2D eigenvalue weighted by Gasteiger charge is -2.26. The van der Waals surface area contributed by atoms with Crippen LogP contribution in [0.5, 0.6) is 0 Å². The Balaban J connectivity index is 2.33. The van der Waals surface area contributed by atoms with Gasteiger partial charge in [-0.25, -0.2) is 0 Å². The molecular formula is C10H14N2O2. The number of rotatable bonds is 1. The van der Waals surface area contributed by atoms with Crippen molar-refractivity contribution >= 4 is 0 Å². The predicted octanol–water partition coefficient (Wildman–Crippen LogP) is -0.311. The molecule has 76 valence electrons. The zero-order valence-corrected chi connectivity index (χ0v) is 7.94. The molecule has 0 amide bonds. The van der Waals surface area contributed by atoms with Crippen LogP contribution in [0.2, 0.25) is 0 Å². The molecule has 0 aliphatic carbocycles. The van der Waals surface area contributed by atoms with E-state index < -0.39 is 12.0 Å². The van der Waals surface area contributed by atoms with E-state index in [0.29, 0.717) is 5.56 Å². The average Bonchev–Trinajstić information content (AvgIpc) is 2.43. The van der Waals surface area contributed by atoms with Crippen molar-refractivity contribution in [3.8, 4) is 0 Å². The van der Waals surface area contributed by atoms with Gasteiger partial charge < -0.3 is 10.2 Å². The fourth-order valence-corrected chi connectivity index (χ4v) is 1.74. The fraction of sp³-hybridized carbons (Fsp3) is 0.400. The Bertz CT molecular complexity index is 317. The van der Waals surface area contributed by atoms with E-state index in [2.05, 4.69) is 10.6 Å². The van der Waals surface area contributed by atoms with Crippen LogP contribution in [0.15, 0.2) is 30.3 Å². The van der Waals surface area contributed by atoms with Gasteiger partial charge in [-0.1, -0.05) is 30.3 Å². The van der Waals surface area contributed by atoms with Gasteiger partial charge in [0.15, 0.2) is 12.0 Å². The van der Waals surface area contributed by atoms with Gasteiger partial charge >= 0.3 is 0 Å². The van der Waals surface area contributed by atoms with Gasteiger partial charge in [-0.15, -0.1) is 0 Å². The van der Waals surface area contributed by atoms with E-state index in [4.69, 9.17) is 0 Å². The number of aliphatic hydroxyl groups is 2. The molecule has 14 heavy (non-hydrogen) atoms. The molecule has 1 aliphatic heterocycles. The maximum atomic E-state index is 10.2. The average molecular weight is 194 g/mol. The lowest BCUT2D eigenvalue weighted by molar-refractivity contribution is -0.0813. The van der Waals surface area contributed by atoms with Crippen LogP contribution < -0.4 is 10.6 Å². The second kappa shape index (κ2) is 3.33. The summed E-state index contributed by atoms with van der Waals surface area (Å²) in [6.07, 6.45) is -1.10. The van der Waals surface area contributed by atoms with Gasteiger partial charge in [0.2, 0.25) is 0 Å². The number of benzene rings is 1. The van der Waals surface area contributed by atoms with Crippen LogP contribution in [0.25, 0.3) is 0 Å². The van der Waals surface area contributed by atoms with Gasteiger partial charge in [-0.3, -0.25) is 10.6 Å². The van der Waals surface area contributed by atoms with Crippen molar-refractivity contribution in [3.63, 3.8) is 0 Å². The maximum Gasteiger partial charge on any atom is 0.183 e. The molecule has 4 N–H and O–H groups in total. The lowest BCUT2D eigenvalue weighted by Crippen LogP contribution is -2.46. The first-order chi connectivity index (χ1) is 6.63. The predicted molar refractivity (Wildman–Crippen MR) is 52.1 cm³/mol. The SMILES string of the molecule is CC1NC(O)C(O)(c2ccccc2)N1. The Morgan fingerprint density at radius 3 is 2.43 bits per heavy atom. The standard InChI is InChI=1S/C10H14N2O2/c1-7-11-9(13)10(14,12-7)8-5-3-2-4-6-8/h2-7,9,11-14H,1H3. The summed E-state index contributed by atoms with van der Waals surface area (Å²) in [5.41, 5.74) is -0.731. The fourth-order valence-electron chi connectivity index (χ4n) is 1.74. The van der Waals surface area contributed by atoms with Crippen molar-refractivity contribution in [2.75, 3.05) is 0 Å². The van der Waals surface area contributed by atoms with E-state index in [1.165, 1.54) is 0 Å². The molecule has 1 heterocycles. The summed E-state index contributed by atoms with van der Waals surface area (Å²) in [7, 11) is 0. The summed E-state index contributed by atoms with van der Waals surface area (Å²) in [6.45, 7) is 1.84. The molecule has 0 radical (unpaired) electrons. The summed E-state index contributed by atoms with van der Waals surface area (Å²) < 4.78 is 0. The molecule has 0 spiro atoms. The maximum absolute atomic E-state index is 10.2. The van der Waals surface area contributed by atoms with E-state index in [1.807, 2.05) is 25.1 Å². The zero-order valence-electron chi connectivity index (χ0n) is 7.94. The quantitative estimate of drug-likeness (QED) is 0.495. The largest absolute Gasteiger partial charge is 0.374 e. The van der Waals surface area contributed by atoms with Crippen molar-refractivity contribution in [2.45, 2.75) is 25.0 Å². The van der Waals surface area contributed by atoms with Gasteiger partial charge in [0, 0.05) is 5.56 Å². The van der Waals surface area contributed by atoms with Crippen LogP contribution in [-0.4, -0.2) is 22.6 Å². The molecule has 4 nitrogen and oxygen atoms in total. The van der Waals surface area contributed by atoms with Crippen LogP contribution in [0.1, 0.15) is 12.5 Å². The minimum Gasteiger partial charge on any atom is -0.374 e. The Labute approximate surface area is 82.6 Å². The van der Waals surface area contributed by atoms with Crippen LogP contribution in [0.4, 0.5) is 0 Å². The number of hydrogen-bond acceptors (Lipinski definition) is 4. The van der Waals surface area contributed by atoms with Crippen molar-refractivity contribution in [1.82, 2.24) is 10.6 Å². The second-order valence-electron chi connectivity index (χ2n) is 3.57. The molecule has 1 fully saturated rings. The molecule has 1 aromatic carbocycles. The molecule has 1 aliphatic rings. The van der Waals surface area contributed by atoms with E-state index in [0.717, 1.165) is 0 Å². The molecule has 2 rings (SSSR count). The molecule has 3 atom stereocenters. The third-order valence-electron chi connectivity index (χ3n) is 2.45. The van der Waals surface area contributed by atoms with Crippen molar-refractivity contribution in [1.29, 1.82) is 0 Å². The number of hydrogen-bond donors (Lipinski definition) is 4. The Morgan fingerprint density at radius 1 is 1.29 bits per heavy atom. The Morgan fingerprint density at radius 2 is 1.93 bits per heavy atom. The number of aliphatic hydroxyl groups excluding tert-OH is 1. The minimum atomic E-state index is -1.39. The topological polar surface area (TPSA) is 64.5 Å². The summed E-state index contributed by atoms with van der Waals surface area (Å²) in [6, 6.07) is 9.06.